The van der Waals surface area contributed by atoms with Crippen molar-refractivity contribution >= 4 is 18.0 Å². The number of esters is 1. The highest BCUT2D eigenvalue weighted by molar-refractivity contribution is 5.89. The average molecular weight is 375 g/mol. The first kappa shape index (κ1) is 20.8. The van der Waals surface area contributed by atoms with Gasteiger partial charge in [0.05, 0.1) is 14.2 Å². The van der Waals surface area contributed by atoms with E-state index in [4.69, 9.17) is 14.2 Å². The summed E-state index contributed by atoms with van der Waals surface area (Å²) in [6.45, 7) is 4.09. The number of hydrogen-bond acceptors (Lipinski definition) is 5. The maximum absolute atomic E-state index is 12.1. The summed E-state index contributed by atoms with van der Waals surface area (Å²) in [5.74, 6) is 1.43. The summed E-state index contributed by atoms with van der Waals surface area (Å²) in [4.78, 5) is 24.0. The molecule has 0 heterocycles. The Kier molecular flexibility index (Phi) is 7.70. The Bertz CT molecular complexity index is 685. The van der Waals surface area contributed by atoms with Gasteiger partial charge >= 0.3 is 5.97 Å². The maximum Gasteiger partial charge on any atom is 0.331 e. The van der Waals surface area contributed by atoms with Crippen LogP contribution in [0.4, 0.5) is 0 Å². The smallest absolute Gasteiger partial charge is 0.331 e. The van der Waals surface area contributed by atoms with Crippen molar-refractivity contribution in [3.63, 3.8) is 0 Å². The molecule has 1 fully saturated rings. The van der Waals surface area contributed by atoms with E-state index in [1.165, 1.54) is 12.5 Å². The predicted molar refractivity (Wildman–Crippen MR) is 104 cm³/mol. The number of carbonyl (C=O) groups excluding carboxylic acids is 2. The van der Waals surface area contributed by atoms with Crippen LogP contribution in [0.1, 0.15) is 38.7 Å². The second-order valence-corrected chi connectivity index (χ2v) is 6.99. The molecular weight excluding hydrogens is 346 g/mol. The van der Waals surface area contributed by atoms with E-state index in [0.29, 0.717) is 28.9 Å². The zero-order valence-corrected chi connectivity index (χ0v) is 16.5. The van der Waals surface area contributed by atoms with Crippen LogP contribution < -0.4 is 14.8 Å². The Morgan fingerprint density at radius 1 is 1.19 bits per heavy atom. The van der Waals surface area contributed by atoms with Crippen LogP contribution in [0, 0.1) is 11.8 Å². The van der Waals surface area contributed by atoms with Gasteiger partial charge in [-0.25, -0.2) is 4.79 Å². The molecule has 2 rings (SSSR count). The number of ether oxygens (including phenoxy) is 3. The molecule has 1 aliphatic carbocycles. The van der Waals surface area contributed by atoms with E-state index in [-0.39, 0.29) is 18.6 Å². The fourth-order valence-corrected chi connectivity index (χ4v) is 3.33. The van der Waals surface area contributed by atoms with Gasteiger partial charge in [-0.1, -0.05) is 26.7 Å². The zero-order chi connectivity index (χ0) is 19.8. The highest BCUT2D eigenvalue weighted by atomic mass is 16.5. The van der Waals surface area contributed by atoms with Crippen LogP contribution in [0.15, 0.2) is 24.3 Å². The minimum absolute atomic E-state index is 0.152. The van der Waals surface area contributed by atoms with Gasteiger partial charge in [-0.2, -0.15) is 0 Å². The lowest BCUT2D eigenvalue weighted by Crippen LogP contribution is -2.45. The lowest BCUT2D eigenvalue weighted by molar-refractivity contribution is -0.144. The molecule has 27 heavy (non-hydrogen) atoms. The van der Waals surface area contributed by atoms with Crippen LogP contribution in [0.2, 0.25) is 0 Å². The molecule has 0 saturated heterocycles. The summed E-state index contributed by atoms with van der Waals surface area (Å²) in [5, 5.41) is 2.98. The Morgan fingerprint density at radius 3 is 2.67 bits per heavy atom. The van der Waals surface area contributed by atoms with E-state index in [1.807, 2.05) is 0 Å². The van der Waals surface area contributed by atoms with Crippen LogP contribution in [-0.4, -0.2) is 38.7 Å². The number of nitrogens with one attached hydrogen (secondary N) is 1. The van der Waals surface area contributed by atoms with E-state index >= 15 is 0 Å². The first-order chi connectivity index (χ1) is 12.9. The van der Waals surface area contributed by atoms with Crippen LogP contribution in [-0.2, 0) is 14.3 Å². The summed E-state index contributed by atoms with van der Waals surface area (Å²) in [6, 6.07) is 5.43. The maximum atomic E-state index is 12.1. The van der Waals surface area contributed by atoms with Gasteiger partial charge in [0.1, 0.15) is 11.5 Å². The third-order valence-electron chi connectivity index (χ3n) is 5.24. The van der Waals surface area contributed by atoms with Crippen molar-refractivity contribution in [1.29, 1.82) is 0 Å². The largest absolute Gasteiger partial charge is 0.497 e. The van der Waals surface area contributed by atoms with E-state index < -0.39 is 5.97 Å². The lowest BCUT2D eigenvalue weighted by atomic mass is 9.78. The average Bonchev–Trinajstić information content (AvgIpc) is 2.68. The van der Waals surface area contributed by atoms with Gasteiger partial charge < -0.3 is 19.5 Å². The van der Waals surface area contributed by atoms with Crippen LogP contribution in [0.3, 0.4) is 0 Å². The molecule has 1 amide bonds. The number of carbonyl (C=O) groups is 2. The number of rotatable bonds is 7. The monoisotopic (exact) mass is 375 g/mol. The van der Waals surface area contributed by atoms with Gasteiger partial charge in [0.2, 0.25) is 0 Å². The third kappa shape index (κ3) is 6.01. The van der Waals surface area contributed by atoms with Gasteiger partial charge in [-0.15, -0.1) is 0 Å². The third-order valence-corrected chi connectivity index (χ3v) is 5.24. The Morgan fingerprint density at radius 2 is 1.96 bits per heavy atom. The standard InChI is InChI=1S/C21H29NO5/c1-14-6-5-7-18(15(14)2)22-20(23)13-27-21(24)11-9-16-8-10-17(25-3)12-19(16)26-4/h8-12,14-15,18H,5-7,13H2,1-4H3,(H,22,23)/b11-9+/t14-,15-,18-/m1/s1. The highest BCUT2D eigenvalue weighted by Gasteiger charge is 2.28. The molecule has 6 heteroatoms. The van der Waals surface area contributed by atoms with Crippen molar-refractivity contribution in [1.82, 2.24) is 5.32 Å². The summed E-state index contributed by atoms with van der Waals surface area (Å²) in [7, 11) is 3.11. The topological polar surface area (TPSA) is 73.9 Å². The fraction of sp³-hybridized carbons (Fsp3) is 0.524. The molecule has 3 atom stereocenters. The van der Waals surface area contributed by atoms with Crippen LogP contribution in [0.5, 0.6) is 11.5 Å². The second kappa shape index (κ2) is 10.00. The van der Waals surface area contributed by atoms with Gasteiger partial charge in [-0.3, -0.25) is 4.79 Å². The van der Waals surface area contributed by atoms with Gasteiger partial charge in [0.15, 0.2) is 6.61 Å². The molecule has 0 spiro atoms. The van der Waals surface area contributed by atoms with E-state index in [1.54, 1.807) is 38.5 Å². The SMILES string of the molecule is COc1ccc(/C=C/C(=O)OCC(=O)N[C@@H]2CCC[C@@H](C)[C@H]2C)c(OC)c1. The minimum atomic E-state index is -0.576. The predicted octanol–water partition coefficient (Wildman–Crippen LogP) is 3.20. The summed E-state index contributed by atoms with van der Waals surface area (Å²) in [6.07, 6.45) is 6.15. The molecule has 0 aromatic heterocycles. The van der Waals surface area contributed by atoms with Gasteiger partial charge in [0.25, 0.3) is 5.91 Å². The normalized spacial score (nSPS) is 22.3. The number of hydrogen-bond donors (Lipinski definition) is 1. The number of methoxy groups -OCH3 is 2. The molecule has 1 aromatic carbocycles. The summed E-state index contributed by atoms with van der Waals surface area (Å²) < 4.78 is 15.5. The summed E-state index contributed by atoms with van der Waals surface area (Å²) >= 11 is 0. The van der Waals surface area contributed by atoms with Crippen molar-refractivity contribution in [2.75, 3.05) is 20.8 Å². The quantitative estimate of drug-likeness (QED) is 0.585. The van der Waals surface area contributed by atoms with Crippen molar-refractivity contribution in [3.8, 4) is 11.5 Å². The van der Waals surface area contributed by atoms with E-state index in [0.717, 1.165) is 12.8 Å². The van der Waals surface area contributed by atoms with Crippen LogP contribution >= 0.6 is 0 Å². The van der Waals surface area contributed by atoms with Gasteiger partial charge in [0, 0.05) is 23.7 Å². The fourth-order valence-electron chi connectivity index (χ4n) is 3.33. The Balaban J connectivity index is 1.83. The molecule has 1 aliphatic rings. The van der Waals surface area contributed by atoms with E-state index in [2.05, 4.69) is 19.2 Å². The molecular formula is C21H29NO5. The van der Waals surface area contributed by atoms with Crippen molar-refractivity contribution < 1.29 is 23.8 Å². The van der Waals surface area contributed by atoms with Crippen molar-refractivity contribution in [2.24, 2.45) is 11.8 Å². The molecule has 0 aliphatic heterocycles. The lowest BCUT2D eigenvalue weighted by Gasteiger charge is -2.34. The summed E-state index contributed by atoms with van der Waals surface area (Å²) in [5.41, 5.74) is 0.713. The molecule has 6 nitrogen and oxygen atoms in total. The molecule has 0 unspecified atom stereocenters. The van der Waals surface area contributed by atoms with E-state index in [9.17, 15) is 9.59 Å². The zero-order valence-electron chi connectivity index (χ0n) is 16.5. The molecule has 1 N–H and O–H groups in total. The second-order valence-electron chi connectivity index (χ2n) is 6.99. The molecule has 1 saturated carbocycles. The van der Waals surface area contributed by atoms with Crippen LogP contribution in [0.25, 0.3) is 6.08 Å². The molecule has 148 valence electrons. The number of amides is 1. The van der Waals surface area contributed by atoms with Crippen molar-refractivity contribution in [2.45, 2.75) is 39.2 Å². The Labute approximate surface area is 160 Å². The van der Waals surface area contributed by atoms with Gasteiger partial charge in [-0.05, 0) is 36.5 Å². The van der Waals surface area contributed by atoms with Crippen molar-refractivity contribution in [3.05, 3.63) is 29.8 Å². The molecule has 0 bridgehead atoms. The first-order valence-corrected chi connectivity index (χ1v) is 9.30. The number of benzene rings is 1. The molecule has 0 radical (unpaired) electrons. The highest BCUT2D eigenvalue weighted by Crippen LogP contribution is 2.29. The minimum Gasteiger partial charge on any atom is -0.497 e. The Hall–Kier alpha value is -2.50. The first-order valence-electron chi connectivity index (χ1n) is 9.30. The molecule has 1 aromatic rings.